The minimum Gasteiger partial charge on any atom is -0.477 e. The molecule has 1 saturated carbocycles. The van der Waals surface area contributed by atoms with Gasteiger partial charge in [-0.25, -0.2) is 4.98 Å². The van der Waals surface area contributed by atoms with E-state index in [1.165, 1.54) is 18.4 Å². The molecule has 0 radical (unpaired) electrons. The molecule has 2 aromatic heterocycles. The van der Waals surface area contributed by atoms with E-state index in [1.54, 1.807) is 11.3 Å². The van der Waals surface area contributed by atoms with Crippen molar-refractivity contribution in [2.75, 3.05) is 26.7 Å². The van der Waals surface area contributed by atoms with Crippen LogP contribution in [-0.4, -0.2) is 48.6 Å². The number of nitrogens with zero attached hydrogens (tertiary/aromatic N) is 3. The fourth-order valence-electron chi connectivity index (χ4n) is 3.58. The lowest BCUT2D eigenvalue weighted by molar-refractivity contribution is 0.198. The Kier molecular flexibility index (Phi) is 7.00. The van der Waals surface area contributed by atoms with Crippen molar-refractivity contribution >= 4 is 17.3 Å². The summed E-state index contributed by atoms with van der Waals surface area (Å²) in [5, 5.41) is 11.4. The summed E-state index contributed by atoms with van der Waals surface area (Å²) < 4.78 is 5.78. The average molecular weight is 414 g/mol. The maximum absolute atomic E-state index is 5.78. The zero-order valence-electron chi connectivity index (χ0n) is 17.1. The molecular weight excluding hydrogens is 382 g/mol. The van der Waals surface area contributed by atoms with Crippen LogP contribution in [0.25, 0.3) is 0 Å². The zero-order valence-corrected chi connectivity index (χ0v) is 18.0. The van der Waals surface area contributed by atoms with Crippen molar-refractivity contribution in [1.82, 2.24) is 20.5 Å². The number of thiophene rings is 1. The largest absolute Gasteiger partial charge is 0.477 e. The number of guanidine groups is 1. The average Bonchev–Trinajstić information content (AvgIpc) is 3.45. The van der Waals surface area contributed by atoms with Gasteiger partial charge in [0, 0.05) is 51.5 Å². The topological polar surface area (TPSA) is 61.8 Å². The highest BCUT2D eigenvalue weighted by Crippen LogP contribution is 2.29. The number of rotatable bonds is 8. The molecule has 4 rings (SSSR count). The van der Waals surface area contributed by atoms with E-state index < -0.39 is 0 Å². The summed E-state index contributed by atoms with van der Waals surface area (Å²) in [6.45, 7) is 4.81. The molecule has 0 unspecified atom stereocenters. The summed E-state index contributed by atoms with van der Waals surface area (Å²) in [6.07, 6.45) is 6.67. The predicted octanol–water partition coefficient (Wildman–Crippen LogP) is 3.26. The first kappa shape index (κ1) is 20.2. The molecule has 156 valence electrons. The van der Waals surface area contributed by atoms with Crippen LogP contribution < -0.4 is 15.4 Å². The number of hydrogen-bond donors (Lipinski definition) is 2. The van der Waals surface area contributed by atoms with E-state index in [0.29, 0.717) is 12.6 Å². The van der Waals surface area contributed by atoms with E-state index in [2.05, 4.69) is 42.3 Å². The minimum absolute atomic E-state index is 0.467. The molecule has 2 fully saturated rings. The standard InChI is InChI=1S/C22H31N5OS/c1-23-22(25-13-18-4-8-24-21(12-18)28-15-17-2-3-17)26-20-5-9-27(10-6-20)14-19-7-11-29-16-19/h4,7-8,11-12,16-17,20H,2-3,5-6,9-10,13-15H2,1H3,(H2,23,25,26). The molecule has 29 heavy (non-hydrogen) atoms. The lowest BCUT2D eigenvalue weighted by Gasteiger charge is -2.33. The number of aromatic nitrogens is 1. The van der Waals surface area contributed by atoms with Gasteiger partial charge in [0.25, 0.3) is 0 Å². The summed E-state index contributed by atoms with van der Waals surface area (Å²) >= 11 is 1.78. The first-order valence-electron chi connectivity index (χ1n) is 10.6. The monoisotopic (exact) mass is 413 g/mol. The van der Waals surface area contributed by atoms with Crippen molar-refractivity contribution in [3.63, 3.8) is 0 Å². The Balaban J connectivity index is 1.19. The number of pyridine rings is 1. The van der Waals surface area contributed by atoms with Crippen LogP contribution in [0.3, 0.4) is 0 Å². The number of piperidine rings is 1. The van der Waals surface area contributed by atoms with Gasteiger partial charge in [-0.3, -0.25) is 9.89 Å². The predicted molar refractivity (Wildman–Crippen MR) is 118 cm³/mol. The van der Waals surface area contributed by atoms with Gasteiger partial charge in [0.05, 0.1) is 6.61 Å². The van der Waals surface area contributed by atoms with E-state index in [0.717, 1.165) is 62.4 Å². The zero-order chi connectivity index (χ0) is 19.9. The Labute approximate surface area is 177 Å². The van der Waals surface area contributed by atoms with E-state index in [9.17, 15) is 0 Å². The maximum Gasteiger partial charge on any atom is 0.213 e. The summed E-state index contributed by atoms with van der Waals surface area (Å²) in [7, 11) is 1.83. The van der Waals surface area contributed by atoms with Crippen LogP contribution in [0.4, 0.5) is 0 Å². The smallest absolute Gasteiger partial charge is 0.213 e. The van der Waals surface area contributed by atoms with Gasteiger partial charge in [-0.05, 0) is 65.6 Å². The van der Waals surface area contributed by atoms with Crippen molar-refractivity contribution in [2.45, 2.75) is 44.8 Å². The molecule has 1 saturated heterocycles. The molecule has 6 nitrogen and oxygen atoms in total. The SMILES string of the molecule is CN=C(NCc1ccnc(OCC2CC2)c1)NC1CCN(Cc2ccsc2)CC1. The van der Waals surface area contributed by atoms with Crippen molar-refractivity contribution < 1.29 is 4.74 Å². The van der Waals surface area contributed by atoms with Gasteiger partial charge >= 0.3 is 0 Å². The minimum atomic E-state index is 0.467. The normalized spacial score (nSPS) is 18.6. The molecule has 0 spiro atoms. The molecule has 2 aliphatic rings. The number of nitrogens with one attached hydrogen (secondary N) is 2. The lowest BCUT2D eigenvalue weighted by atomic mass is 10.0. The van der Waals surface area contributed by atoms with Crippen molar-refractivity contribution in [1.29, 1.82) is 0 Å². The van der Waals surface area contributed by atoms with Gasteiger partial charge in [-0.1, -0.05) is 0 Å². The fourth-order valence-corrected chi connectivity index (χ4v) is 4.24. The molecule has 0 amide bonds. The van der Waals surface area contributed by atoms with Gasteiger partial charge in [0.1, 0.15) is 0 Å². The highest BCUT2D eigenvalue weighted by molar-refractivity contribution is 7.07. The summed E-state index contributed by atoms with van der Waals surface area (Å²) in [6, 6.07) is 6.73. The summed E-state index contributed by atoms with van der Waals surface area (Å²) in [4.78, 5) is 11.3. The second-order valence-corrected chi connectivity index (χ2v) is 8.79. The molecule has 7 heteroatoms. The Morgan fingerprint density at radius 1 is 1.24 bits per heavy atom. The molecule has 0 aromatic carbocycles. The van der Waals surface area contributed by atoms with Gasteiger partial charge in [0.2, 0.25) is 5.88 Å². The Morgan fingerprint density at radius 2 is 2.10 bits per heavy atom. The van der Waals surface area contributed by atoms with Crippen LogP contribution in [-0.2, 0) is 13.1 Å². The highest BCUT2D eigenvalue weighted by atomic mass is 32.1. The van der Waals surface area contributed by atoms with Crippen molar-refractivity contribution in [3.8, 4) is 5.88 Å². The number of hydrogen-bond acceptors (Lipinski definition) is 5. The van der Waals surface area contributed by atoms with E-state index in [4.69, 9.17) is 4.74 Å². The van der Waals surface area contributed by atoms with E-state index in [-0.39, 0.29) is 0 Å². The number of likely N-dealkylation sites (tertiary alicyclic amines) is 1. The second kappa shape index (κ2) is 10.1. The third-order valence-electron chi connectivity index (χ3n) is 5.56. The first-order chi connectivity index (χ1) is 14.3. The maximum atomic E-state index is 5.78. The fraction of sp³-hybridized carbons (Fsp3) is 0.545. The molecule has 2 aromatic rings. The Bertz CT molecular complexity index is 782. The van der Waals surface area contributed by atoms with Crippen LogP contribution in [0.15, 0.2) is 40.1 Å². The van der Waals surface area contributed by atoms with Crippen molar-refractivity contribution in [2.24, 2.45) is 10.9 Å². The quantitative estimate of drug-likeness (QED) is 0.514. The number of aliphatic imine (C=N–C) groups is 1. The van der Waals surface area contributed by atoms with Crippen LogP contribution in [0.1, 0.15) is 36.8 Å². The Hall–Kier alpha value is -2.12. The molecule has 1 aliphatic carbocycles. The summed E-state index contributed by atoms with van der Waals surface area (Å²) in [5.74, 6) is 2.31. The molecule has 1 aliphatic heterocycles. The highest BCUT2D eigenvalue weighted by Gasteiger charge is 2.22. The van der Waals surface area contributed by atoms with E-state index in [1.807, 2.05) is 25.4 Å². The second-order valence-electron chi connectivity index (χ2n) is 8.01. The van der Waals surface area contributed by atoms with Gasteiger partial charge in [-0.15, -0.1) is 0 Å². The van der Waals surface area contributed by atoms with Crippen LogP contribution in [0, 0.1) is 5.92 Å². The third kappa shape index (κ3) is 6.44. The summed E-state index contributed by atoms with van der Waals surface area (Å²) in [5.41, 5.74) is 2.58. The molecular formula is C22H31N5OS. The number of ether oxygens (including phenoxy) is 1. The third-order valence-corrected chi connectivity index (χ3v) is 6.29. The van der Waals surface area contributed by atoms with Gasteiger partial charge < -0.3 is 15.4 Å². The van der Waals surface area contributed by atoms with E-state index >= 15 is 0 Å². The van der Waals surface area contributed by atoms with Gasteiger partial charge in [-0.2, -0.15) is 11.3 Å². The molecule has 3 heterocycles. The molecule has 0 atom stereocenters. The van der Waals surface area contributed by atoms with Crippen LogP contribution in [0.5, 0.6) is 5.88 Å². The molecule has 0 bridgehead atoms. The lowest BCUT2D eigenvalue weighted by Crippen LogP contribution is -2.48. The van der Waals surface area contributed by atoms with Gasteiger partial charge in [0.15, 0.2) is 5.96 Å². The molecule has 2 N–H and O–H groups in total. The van der Waals surface area contributed by atoms with Crippen LogP contribution in [0.2, 0.25) is 0 Å². The van der Waals surface area contributed by atoms with Crippen molar-refractivity contribution in [3.05, 3.63) is 46.3 Å². The first-order valence-corrected chi connectivity index (χ1v) is 11.5. The van der Waals surface area contributed by atoms with Crippen LogP contribution >= 0.6 is 11.3 Å². The Morgan fingerprint density at radius 3 is 2.83 bits per heavy atom.